The van der Waals surface area contributed by atoms with Crippen LogP contribution in [0.1, 0.15) is 135 Å². The van der Waals surface area contributed by atoms with Crippen molar-refractivity contribution < 1.29 is 9.53 Å². The highest BCUT2D eigenvalue weighted by Gasteiger charge is 2.72. The first-order valence-corrected chi connectivity index (χ1v) is 22.7. The molecule has 0 radical (unpaired) electrons. The second kappa shape index (κ2) is 14.6. The van der Waals surface area contributed by atoms with Gasteiger partial charge in [0.15, 0.2) is 0 Å². The Balaban J connectivity index is 0.982. The van der Waals surface area contributed by atoms with Gasteiger partial charge in [0.05, 0.1) is 17.2 Å². The molecule has 6 saturated carbocycles. The second-order valence-electron chi connectivity index (χ2n) is 20.1. The highest BCUT2D eigenvalue weighted by Crippen LogP contribution is 2.77. The van der Waals surface area contributed by atoms with Crippen LogP contribution in [0.5, 0.6) is 0 Å². The van der Waals surface area contributed by atoms with Gasteiger partial charge in [-0.05, 0) is 165 Å². The molecule has 54 heavy (non-hydrogen) atoms. The summed E-state index contributed by atoms with van der Waals surface area (Å²) in [6.07, 6.45) is 17.6. The number of nitrogens with zero attached hydrogens (tertiary/aromatic N) is 1. The fourth-order valence-electron chi connectivity index (χ4n) is 14.6. The molecule has 11 atom stereocenters. The highest BCUT2D eigenvalue weighted by molar-refractivity contribution is 14.1. The smallest absolute Gasteiger partial charge is 0.226 e. The predicted molar refractivity (Wildman–Crippen MR) is 228 cm³/mol. The van der Waals surface area contributed by atoms with Crippen molar-refractivity contribution in [2.45, 2.75) is 140 Å². The Morgan fingerprint density at radius 3 is 2.48 bits per heavy atom. The van der Waals surface area contributed by atoms with Crippen molar-refractivity contribution in [1.29, 1.82) is 0 Å². The Bertz CT molecular complexity index is 1710. The third kappa shape index (κ3) is 6.28. The number of hydrogen-bond acceptors (Lipinski definition) is 4. The molecule has 0 saturated heterocycles. The number of hydrogen-bond donors (Lipinski definition) is 2. The number of pyridine rings is 1. The van der Waals surface area contributed by atoms with Gasteiger partial charge in [-0.2, -0.15) is 0 Å². The Morgan fingerprint density at radius 2 is 1.76 bits per heavy atom. The van der Waals surface area contributed by atoms with Gasteiger partial charge in [0.2, 0.25) is 5.91 Å². The Kier molecular flexibility index (Phi) is 10.5. The van der Waals surface area contributed by atoms with Crippen LogP contribution in [0.25, 0.3) is 0 Å². The molecule has 5 nitrogen and oxygen atoms in total. The standard InChI is InChI=1S/C48H68IN3O2/c1-31(2)36-18-24-47(43(53)51-28-21-32-11-10-12-34(29-32)42(33-14-15-33)52-30-35-13-8-9-27-50-35)25-26-48(49)37(41(36)47)16-17-39-45(5)22-20-40(54-7)44(3,4)38(45)19-23-46(39,48)6/h8-13,27,29,33,36-42,52H,1,14-26,28,30H2,2-7H3,(H,51,53). The fraction of sp³-hybridized carbons (Fsp3) is 0.708. The third-order valence-corrected chi connectivity index (χ3v) is 19.9. The summed E-state index contributed by atoms with van der Waals surface area (Å²) >= 11 is 3.02. The second-order valence-corrected chi connectivity index (χ2v) is 22.1. The molecule has 0 bridgehead atoms. The average molecular weight is 846 g/mol. The number of allylic oxidation sites excluding steroid dienone is 1. The van der Waals surface area contributed by atoms with Gasteiger partial charge in [-0.15, -0.1) is 0 Å². The van der Waals surface area contributed by atoms with Crippen LogP contribution in [0.4, 0.5) is 0 Å². The van der Waals surface area contributed by atoms with Crippen LogP contribution < -0.4 is 10.6 Å². The molecule has 6 aliphatic carbocycles. The quantitative estimate of drug-likeness (QED) is 0.134. The highest BCUT2D eigenvalue weighted by atomic mass is 127. The number of methoxy groups -OCH3 is 1. The molecule has 1 heterocycles. The molecule has 1 aromatic heterocycles. The van der Waals surface area contributed by atoms with Crippen molar-refractivity contribution in [3.63, 3.8) is 0 Å². The maximum absolute atomic E-state index is 14.8. The lowest BCUT2D eigenvalue weighted by atomic mass is 9.36. The summed E-state index contributed by atoms with van der Waals surface area (Å²) in [6.45, 7) is 18.7. The number of ether oxygens (including phenoxy) is 1. The van der Waals surface area contributed by atoms with E-state index in [2.05, 4.69) is 116 Å². The van der Waals surface area contributed by atoms with Gasteiger partial charge in [0, 0.05) is 35.9 Å². The molecule has 8 rings (SSSR count). The Hall–Kier alpha value is -1.77. The zero-order chi connectivity index (χ0) is 38.1. The van der Waals surface area contributed by atoms with E-state index in [9.17, 15) is 4.79 Å². The molecule has 6 aliphatic rings. The molecule has 294 valence electrons. The van der Waals surface area contributed by atoms with Gasteiger partial charge in [0.25, 0.3) is 0 Å². The summed E-state index contributed by atoms with van der Waals surface area (Å²) < 4.78 is 6.34. The number of aromatic nitrogens is 1. The molecule has 11 unspecified atom stereocenters. The van der Waals surface area contributed by atoms with Crippen molar-refractivity contribution in [3.05, 3.63) is 77.6 Å². The number of benzene rings is 1. The van der Waals surface area contributed by atoms with Crippen LogP contribution in [0.3, 0.4) is 0 Å². The molecule has 6 fully saturated rings. The van der Waals surface area contributed by atoms with Crippen molar-refractivity contribution in [3.8, 4) is 0 Å². The summed E-state index contributed by atoms with van der Waals surface area (Å²) in [5, 5.41) is 7.40. The Morgan fingerprint density at radius 1 is 0.944 bits per heavy atom. The summed E-state index contributed by atoms with van der Waals surface area (Å²) in [4.78, 5) is 19.3. The van der Waals surface area contributed by atoms with E-state index >= 15 is 0 Å². The van der Waals surface area contributed by atoms with Crippen LogP contribution in [0.2, 0.25) is 0 Å². The van der Waals surface area contributed by atoms with Crippen LogP contribution in [-0.2, 0) is 22.5 Å². The lowest BCUT2D eigenvalue weighted by Gasteiger charge is -2.72. The number of nitrogens with one attached hydrogen (secondary N) is 2. The van der Waals surface area contributed by atoms with E-state index in [0.717, 1.165) is 43.8 Å². The number of carbonyl (C=O) groups is 1. The van der Waals surface area contributed by atoms with Gasteiger partial charge < -0.3 is 15.4 Å². The van der Waals surface area contributed by atoms with Crippen molar-refractivity contribution in [2.24, 2.45) is 57.2 Å². The van der Waals surface area contributed by atoms with Gasteiger partial charge >= 0.3 is 0 Å². The molecule has 0 aliphatic heterocycles. The topological polar surface area (TPSA) is 63.2 Å². The van der Waals surface area contributed by atoms with Gasteiger partial charge in [-0.3, -0.25) is 9.78 Å². The van der Waals surface area contributed by atoms with E-state index in [0.29, 0.717) is 59.6 Å². The van der Waals surface area contributed by atoms with E-state index in [1.54, 1.807) is 0 Å². The van der Waals surface area contributed by atoms with Crippen molar-refractivity contribution >= 4 is 28.5 Å². The van der Waals surface area contributed by atoms with E-state index < -0.39 is 0 Å². The lowest BCUT2D eigenvalue weighted by Crippen LogP contribution is -2.69. The van der Waals surface area contributed by atoms with E-state index in [1.165, 1.54) is 74.5 Å². The zero-order valence-electron chi connectivity index (χ0n) is 34.2. The maximum Gasteiger partial charge on any atom is 0.226 e. The SMILES string of the molecule is C=C(C)C1CCC2(C(=O)NCCc3cccc(C(NCc4ccccn4)C4CC4)c3)CCC3(I)C(CCC4C5(C)CCC(OC)C(C)(C)C5CCC43C)C12. The van der Waals surface area contributed by atoms with E-state index in [-0.39, 0.29) is 19.7 Å². The largest absolute Gasteiger partial charge is 0.381 e. The molecule has 6 heteroatoms. The number of rotatable bonds is 11. The minimum atomic E-state index is -0.278. The lowest BCUT2D eigenvalue weighted by molar-refractivity contribution is -0.208. The summed E-state index contributed by atoms with van der Waals surface area (Å²) in [5.41, 5.74) is 5.60. The van der Waals surface area contributed by atoms with Crippen LogP contribution in [-0.4, -0.2) is 34.1 Å². The Labute approximate surface area is 340 Å². The molecule has 1 aromatic carbocycles. The van der Waals surface area contributed by atoms with Crippen LogP contribution in [0.15, 0.2) is 60.8 Å². The predicted octanol–water partition coefficient (Wildman–Crippen LogP) is 10.8. The molecular weight excluding hydrogens is 777 g/mol. The first kappa shape index (κ1) is 39.1. The number of fused-ring (bicyclic) bond motifs is 7. The van der Waals surface area contributed by atoms with Gasteiger partial charge in [0.1, 0.15) is 0 Å². The van der Waals surface area contributed by atoms with Gasteiger partial charge in [-0.25, -0.2) is 0 Å². The van der Waals surface area contributed by atoms with Crippen molar-refractivity contribution in [1.82, 2.24) is 15.6 Å². The number of halogens is 1. The molecular formula is C48H68IN3O2. The molecule has 1 amide bonds. The normalized spacial score (nSPS) is 40.1. The first-order chi connectivity index (χ1) is 25.8. The molecule has 0 spiro atoms. The van der Waals surface area contributed by atoms with Gasteiger partial charge in [-0.1, -0.05) is 92.8 Å². The molecule has 2 N–H and O–H groups in total. The fourth-order valence-corrected chi connectivity index (χ4v) is 16.2. The minimum absolute atomic E-state index is 0.200. The minimum Gasteiger partial charge on any atom is -0.381 e. The number of alkyl halides is 1. The first-order valence-electron chi connectivity index (χ1n) is 21.7. The van der Waals surface area contributed by atoms with E-state index in [4.69, 9.17) is 4.74 Å². The average Bonchev–Trinajstić information content (AvgIpc) is 3.90. The molecule has 2 aromatic rings. The number of amides is 1. The summed E-state index contributed by atoms with van der Waals surface area (Å²) in [6, 6.07) is 15.6. The van der Waals surface area contributed by atoms with E-state index in [1.807, 2.05) is 19.4 Å². The summed E-state index contributed by atoms with van der Waals surface area (Å²) in [7, 11) is 1.93. The van der Waals surface area contributed by atoms with Crippen LogP contribution >= 0.6 is 22.6 Å². The monoisotopic (exact) mass is 845 g/mol. The van der Waals surface area contributed by atoms with Crippen molar-refractivity contribution in [2.75, 3.05) is 13.7 Å². The maximum atomic E-state index is 14.8. The van der Waals surface area contributed by atoms with Crippen LogP contribution in [0, 0.1) is 57.2 Å². The summed E-state index contributed by atoms with van der Waals surface area (Å²) in [5.74, 6) is 3.82. The number of carbonyl (C=O) groups excluding carboxylic acids is 1. The zero-order valence-corrected chi connectivity index (χ0v) is 36.4. The third-order valence-electron chi connectivity index (χ3n) is 17.3.